The van der Waals surface area contributed by atoms with Crippen LogP contribution in [-0.4, -0.2) is 44.2 Å². The fourth-order valence-electron chi connectivity index (χ4n) is 3.23. The maximum absolute atomic E-state index is 12.6. The normalized spacial score (nSPS) is 17.2. The molecular weight excluding hydrogens is 348 g/mol. The Kier molecular flexibility index (Phi) is 5.79. The maximum Gasteiger partial charge on any atom is 0.270 e. The van der Waals surface area contributed by atoms with E-state index in [1.807, 2.05) is 19.9 Å². The summed E-state index contributed by atoms with van der Waals surface area (Å²) in [5.41, 5.74) is 0.432. The van der Waals surface area contributed by atoms with Crippen LogP contribution in [0.15, 0.2) is 17.1 Å². The Morgan fingerprint density at radius 1 is 1.46 bits per heavy atom. The Balaban J connectivity index is 1.95. The zero-order chi connectivity index (χ0) is 18.7. The van der Waals surface area contributed by atoms with Crippen molar-refractivity contribution in [2.75, 3.05) is 24.7 Å². The molecule has 2 aromatic rings. The molecule has 0 amide bonds. The summed E-state index contributed by atoms with van der Waals surface area (Å²) in [4.78, 5) is 21.7. The van der Waals surface area contributed by atoms with Gasteiger partial charge in [0, 0.05) is 36.8 Å². The molecule has 1 aliphatic rings. The van der Waals surface area contributed by atoms with E-state index in [1.165, 1.54) is 0 Å². The molecule has 3 rings (SSSR count). The zero-order valence-corrected chi connectivity index (χ0v) is 16.2. The third-order valence-electron chi connectivity index (χ3n) is 4.97. The molecular formula is C18H24N6OS. The van der Waals surface area contributed by atoms with Gasteiger partial charge in [0.2, 0.25) is 5.95 Å². The first-order valence-electron chi connectivity index (χ1n) is 8.95. The predicted octanol–water partition coefficient (Wildman–Crippen LogP) is 2.79. The molecule has 0 aromatic carbocycles. The molecule has 7 nitrogen and oxygen atoms in total. The van der Waals surface area contributed by atoms with Gasteiger partial charge in [-0.05, 0) is 38.5 Å². The molecule has 0 aliphatic carbocycles. The van der Waals surface area contributed by atoms with Gasteiger partial charge in [-0.1, -0.05) is 18.9 Å². The lowest BCUT2D eigenvalue weighted by Crippen LogP contribution is -2.36. The van der Waals surface area contributed by atoms with Crippen LogP contribution in [0.1, 0.15) is 44.7 Å². The van der Waals surface area contributed by atoms with Crippen LogP contribution in [0.2, 0.25) is 0 Å². The number of fused-ring (bicyclic) bond motifs is 1. The summed E-state index contributed by atoms with van der Waals surface area (Å²) in [7, 11) is 0. The van der Waals surface area contributed by atoms with Gasteiger partial charge in [-0.25, -0.2) is 4.98 Å². The van der Waals surface area contributed by atoms with Crippen molar-refractivity contribution >= 4 is 28.9 Å². The number of pyridine rings is 1. The van der Waals surface area contributed by atoms with E-state index < -0.39 is 0 Å². The number of nitriles is 1. The summed E-state index contributed by atoms with van der Waals surface area (Å²) in [6, 6.07) is 3.86. The summed E-state index contributed by atoms with van der Waals surface area (Å²) in [6.45, 7) is 6.06. The average molecular weight is 372 g/mol. The predicted molar refractivity (Wildman–Crippen MR) is 105 cm³/mol. The molecule has 1 saturated heterocycles. The van der Waals surface area contributed by atoms with Gasteiger partial charge in [-0.2, -0.15) is 10.2 Å². The molecule has 2 aromatic heterocycles. The molecule has 3 heterocycles. The Morgan fingerprint density at radius 3 is 2.81 bits per heavy atom. The number of nitrogens with zero attached hydrogens (tertiary/aromatic N) is 5. The Hall–Kier alpha value is -2.11. The van der Waals surface area contributed by atoms with Gasteiger partial charge >= 0.3 is 0 Å². The summed E-state index contributed by atoms with van der Waals surface area (Å²) < 4.78 is 3.97. The number of anilines is 1. The molecule has 1 N–H and O–H groups in total. The quantitative estimate of drug-likeness (QED) is 0.808. The van der Waals surface area contributed by atoms with Crippen LogP contribution in [0.4, 0.5) is 5.95 Å². The van der Waals surface area contributed by atoms with Gasteiger partial charge in [-0.15, -0.1) is 0 Å². The highest BCUT2D eigenvalue weighted by Crippen LogP contribution is 2.21. The molecule has 138 valence electrons. The fraction of sp³-hybridized carbons (Fsp3) is 0.556. The van der Waals surface area contributed by atoms with Crippen molar-refractivity contribution in [3.8, 4) is 6.07 Å². The van der Waals surface area contributed by atoms with Crippen LogP contribution < -0.4 is 10.9 Å². The van der Waals surface area contributed by atoms with Crippen LogP contribution >= 0.6 is 11.9 Å². The summed E-state index contributed by atoms with van der Waals surface area (Å²) in [5, 5.41) is 13.4. The number of piperidine rings is 1. The largest absolute Gasteiger partial charge is 0.351 e. The van der Waals surface area contributed by atoms with E-state index in [-0.39, 0.29) is 17.2 Å². The summed E-state index contributed by atoms with van der Waals surface area (Å²) in [5.74, 6) is 0.543. The third-order valence-corrected chi connectivity index (χ3v) is 5.85. The van der Waals surface area contributed by atoms with Gasteiger partial charge in [0.25, 0.3) is 5.56 Å². The van der Waals surface area contributed by atoms with Crippen molar-refractivity contribution in [1.29, 1.82) is 5.26 Å². The highest BCUT2D eigenvalue weighted by Gasteiger charge is 2.20. The molecule has 0 radical (unpaired) electrons. The number of rotatable bonds is 5. The minimum atomic E-state index is -0.285. The first kappa shape index (κ1) is 18.7. The number of hydrogen-bond donors (Lipinski definition) is 1. The molecule has 0 spiro atoms. The summed E-state index contributed by atoms with van der Waals surface area (Å²) in [6.07, 6.45) is 6.65. The van der Waals surface area contributed by atoms with Crippen molar-refractivity contribution < 1.29 is 0 Å². The molecule has 0 saturated carbocycles. The van der Waals surface area contributed by atoms with Crippen LogP contribution in [0.3, 0.4) is 0 Å². The smallest absolute Gasteiger partial charge is 0.270 e. The van der Waals surface area contributed by atoms with E-state index in [2.05, 4.69) is 25.8 Å². The lowest BCUT2D eigenvalue weighted by Gasteiger charge is -2.30. The minimum absolute atomic E-state index is 0.0362. The van der Waals surface area contributed by atoms with E-state index in [0.717, 1.165) is 32.4 Å². The third kappa shape index (κ3) is 3.69. The molecule has 26 heavy (non-hydrogen) atoms. The lowest BCUT2D eigenvalue weighted by atomic mass is 10.1. The van der Waals surface area contributed by atoms with Crippen molar-refractivity contribution in [3.63, 3.8) is 0 Å². The van der Waals surface area contributed by atoms with E-state index in [1.54, 1.807) is 28.8 Å². The van der Waals surface area contributed by atoms with Crippen molar-refractivity contribution in [3.05, 3.63) is 28.2 Å². The topological polar surface area (TPSA) is 86.8 Å². The lowest BCUT2D eigenvalue weighted by molar-refractivity contribution is 0.358. The van der Waals surface area contributed by atoms with E-state index >= 15 is 0 Å². The van der Waals surface area contributed by atoms with Crippen molar-refractivity contribution in [2.24, 2.45) is 0 Å². The zero-order valence-electron chi connectivity index (χ0n) is 15.4. The van der Waals surface area contributed by atoms with Crippen molar-refractivity contribution in [2.45, 2.75) is 45.2 Å². The second-order valence-electron chi connectivity index (χ2n) is 6.61. The maximum atomic E-state index is 12.6. The van der Waals surface area contributed by atoms with E-state index in [0.29, 0.717) is 23.0 Å². The molecule has 1 aliphatic heterocycles. The highest BCUT2D eigenvalue weighted by molar-refractivity contribution is 7.96. The highest BCUT2D eigenvalue weighted by atomic mass is 32.2. The molecule has 0 bridgehead atoms. The van der Waals surface area contributed by atoms with Gasteiger partial charge in [0.05, 0.1) is 0 Å². The van der Waals surface area contributed by atoms with Gasteiger partial charge < -0.3 is 5.32 Å². The second kappa shape index (κ2) is 8.06. The molecule has 1 fully saturated rings. The van der Waals surface area contributed by atoms with E-state index in [4.69, 9.17) is 0 Å². The number of aromatic nitrogens is 3. The molecule has 1 unspecified atom stereocenters. The van der Waals surface area contributed by atoms with E-state index in [9.17, 15) is 10.1 Å². The Labute approximate surface area is 157 Å². The first-order valence-corrected chi connectivity index (χ1v) is 10.1. The van der Waals surface area contributed by atoms with Crippen LogP contribution in [-0.2, 0) is 0 Å². The standard InChI is InChI=1S/C18H24N6OS/c1-4-12(2)24-16-14(9-13(10-19)17(24)25)11-20-18(22-16)21-15-5-7-23(26-3)8-6-15/h9,11-12,15H,4-8H2,1-3H3,(H,20,21,22). The molecule has 1 atom stereocenters. The van der Waals surface area contributed by atoms with Crippen LogP contribution in [0.25, 0.3) is 11.0 Å². The van der Waals surface area contributed by atoms with Gasteiger partial charge in [0.1, 0.15) is 17.3 Å². The number of nitrogens with one attached hydrogen (secondary N) is 1. The minimum Gasteiger partial charge on any atom is -0.351 e. The Morgan fingerprint density at radius 2 is 2.19 bits per heavy atom. The van der Waals surface area contributed by atoms with Crippen LogP contribution in [0.5, 0.6) is 0 Å². The fourth-order valence-corrected chi connectivity index (χ4v) is 3.80. The first-order chi connectivity index (χ1) is 12.6. The second-order valence-corrected chi connectivity index (χ2v) is 7.49. The van der Waals surface area contributed by atoms with Crippen molar-refractivity contribution in [1.82, 2.24) is 18.8 Å². The number of hydrogen-bond acceptors (Lipinski definition) is 7. The average Bonchev–Trinajstić information content (AvgIpc) is 2.67. The van der Waals surface area contributed by atoms with Gasteiger partial charge in [-0.3, -0.25) is 13.7 Å². The van der Waals surface area contributed by atoms with Gasteiger partial charge in [0.15, 0.2) is 0 Å². The SMILES string of the molecule is CCC(C)n1c(=O)c(C#N)cc2cnc(NC3CCN(SC)CC3)nc21. The monoisotopic (exact) mass is 372 g/mol. The molecule has 8 heteroatoms. The Bertz CT molecular complexity index is 882. The van der Waals surface area contributed by atoms with Crippen LogP contribution in [0, 0.1) is 11.3 Å². The summed E-state index contributed by atoms with van der Waals surface area (Å²) >= 11 is 1.78.